The second-order valence-corrected chi connectivity index (χ2v) is 3.80. The molecule has 14 heavy (non-hydrogen) atoms. The van der Waals surface area contributed by atoms with Crippen LogP contribution in [0.2, 0.25) is 0 Å². The molecule has 1 aromatic carbocycles. The normalized spacial score (nSPS) is 11.1. The first kappa shape index (κ1) is 10.5. The Morgan fingerprint density at radius 2 is 2.07 bits per heavy atom. The van der Waals surface area contributed by atoms with Crippen molar-refractivity contribution < 1.29 is 4.79 Å². The smallest absolute Gasteiger partial charge is 0.243 e. The summed E-state index contributed by atoms with van der Waals surface area (Å²) in [5.74, 6) is -0.233. The van der Waals surface area contributed by atoms with E-state index in [0.717, 1.165) is 0 Å². The van der Waals surface area contributed by atoms with Crippen molar-refractivity contribution in [1.82, 2.24) is 0 Å². The van der Waals surface area contributed by atoms with Crippen LogP contribution in [0.5, 0.6) is 0 Å². The molecule has 0 radical (unpaired) electrons. The average molecular weight is 193 g/mol. The zero-order valence-electron chi connectivity index (χ0n) is 8.37. The lowest BCUT2D eigenvalue weighted by Gasteiger charge is -2.17. The Balaban J connectivity index is 2.75. The Bertz CT molecular complexity index is 341. The minimum atomic E-state index is -0.884. The molecule has 1 amide bonds. The highest BCUT2D eigenvalue weighted by atomic mass is 16.2. The lowest BCUT2D eigenvalue weighted by atomic mass is 10.1. The maximum absolute atomic E-state index is 11.5. The van der Waals surface area contributed by atoms with Gasteiger partial charge in [-0.15, -0.1) is 0 Å². The van der Waals surface area contributed by atoms with Gasteiger partial charge in [-0.2, -0.15) is 0 Å². The summed E-state index contributed by atoms with van der Waals surface area (Å²) >= 11 is 0. The Labute approximate surface area is 83.3 Å². The number of nitrogens with two attached hydrogens (primary N) is 2. The number of hydrogen-bond acceptors (Lipinski definition) is 3. The highest BCUT2D eigenvalue weighted by Gasteiger charge is 2.21. The van der Waals surface area contributed by atoms with E-state index in [0.29, 0.717) is 11.4 Å². The molecule has 0 saturated carbocycles. The van der Waals surface area contributed by atoms with Crippen LogP contribution < -0.4 is 16.8 Å². The van der Waals surface area contributed by atoms with Crippen LogP contribution >= 0.6 is 0 Å². The molecule has 0 heterocycles. The monoisotopic (exact) mass is 193 g/mol. The third kappa shape index (κ3) is 2.74. The standard InChI is InChI=1S/C10H15N3O/c1-10(2,12)9(14)13-8-5-3-4-7(11)6-8/h3-6H,11-12H2,1-2H3,(H,13,14). The zero-order chi connectivity index (χ0) is 10.8. The summed E-state index contributed by atoms with van der Waals surface area (Å²) < 4.78 is 0. The number of anilines is 2. The van der Waals surface area contributed by atoms with Crippen LogP contribution in [0.15, 0.2) is 24.3 Å². The molecule has 0 aliphatic rings. The van der Waals surface area contributed by atoms with E-state index >= 15 is 0 Å². The fourth-order valence-electron chi connectivity index (χ4n) is 0.909. The zero-order valence-corrected chi connectivity index (χ0v) is 8.37. The molecule has 1 aromatic rings. The molecule has 4 heteroatoms. The predicted octanol–water partition coefficient (Wildman–Crippen LogP) is 0.945. The lowest BCUT2D eigenvalue weighted by Crippen LogP contribution is -2.45. The number of amides is 1. The van der Waals surface area contributed by atoms with Gasteiger partial charge >= 0.3 is 0 Å². The van der Waals surface area contributed by atoms with Crippen LogP contribution in [0.3, 0.4) is 0 Å². The maximum atomic E-state index is 11.5. The van der Waals surface area contributed by atoms with Gasteiger partial charge < -0.3 is 16.8 Å². The molecular formula is C10H15N3O. The van der Waals surface area contributed by atoms with E-state index in [2.05, 4.69) is 5.32 Å². The van der Waals surface area contributed by atoms with Crippen molar-refractivity contribution in [1.29, 1.82) is 0 Å². The fourth-order valence-corrected chi connectivity index (χ4v) is 0.909. The summed E-state index contributed by atoms with van der Waals surface area (Å²) in [7, 11) is 0. The van der Waals surface area contributed by atoms with E-state index < -0.39 is 5.54 Å². The molecule has 76 valence electrons. The van der Waals surface area contributed by atoms with Gasteiger partial charge in [0.15, 0.2) is 0 Å². The highest BCUT2D eigenvalue weighted by molar-refractivity contribution is 5.97. The molecule has 1 rings (SSSR count). The number of carbonyl (C=O) groups excluding carboxylic acids is 1. The Morgan fingerprint density at radius 3 is 2.57 bits per heavy atom. The van der Waals surface area contributed by atoms with Gasteiger partial charge in [0.05, 0.1) is 5.54 Å². The van der Waals surface area contributed by atoms with E-state index in [9.17, 15) is 4.79 Å². The third-order valence-electron chi connectivity index (χ3n) is 1.73. The quantitative estimate of drug-likeness (QED) is 0.611. The van der Waals surface area contributed by atoms with Gasteiger partial charge in [0.1, 0.15) is 0 Å². The van der Waals surface area contributed by atoms with Crippen LogP contribution in [0.1, 0.15) is 13.8 Å². The first-order chi connectivity index (χ1) is 6.39. The first-order valence-electron chi connectivity index (χ1n) is 4.35. The van der Waals surface area contributed by atoms with Crippen LogP contribution in [0.25, 0.3) is 0 Å². The van der Waals surface area contributed by atoms with Gasteiger partial charge in [0.25, 0.3) is 0 Å². The molecule has 0 saturated heterocycles. The summed E-state index contributed by atoms with van der Waals surface area (Å²) in [6, 6.07) is 6.97. The molecule has 0 unspecified atom stereocenters. The van der Waals surface area contributed by atoms with E-state index in [1.165, 1.54) is 0 Å². The van der Waals surface area contributed by atoms with Gasteiger partial charge in [0, 0.05) is 11.4 Å². The van der Waals surface area contributed by atoms with Crippen LogP contribution in [-0.2, 0) is 4.79 Å². The Hall–Kier alpha value is -1.55. The van der Waals surface area contributed by atoms with E-state index in [1.54, 1.807) is 38.1 Å². The van der Waals surface area contributed by atoms with Crippen molar-refractivity contribution in [2.75, 3.05) is 11.1 Å². The van der Waals surface area contributed by atoms with Crippen molar-refractivity contribution in [3.8, 4) is 0 Å². The predicted molar refractivity (Wildman–Crippen MR) is 57.8 cm³/mol. The van der Waals surface area contributed by atoms with Crippen molar-refractivity contribution in [2.24, 2.45) is 5.73 Å². The van der Waals surface area contributed by atoms with E-state index in [4.69, 9.17) is 11.5 Å². The topological polar surface area (TPSA) is 81.1 Å². The maximum Gasteiger partial charge on any atom is 0.243 e. The Morgan fingerprint density at radius 1 is 1.43 bits per heavy atom. The molecule has 0 aliphatic heterocycles. The second kappa shape index (κ2) is 3.67. The first-order valence-corrected chi connectivity index (χ1v) is 4.35. The summed E-state index contributed by atoms with van der Waals surface area (Å²) in [6.45, 7) is 3.29. The number of rotatable bonds is 2. The minimum absolute atomic E-state index is 0.233. The molecular weight excluding hydrogens is 178 g/mol. The van der Waals surface area contributed by atoms with Crippen LogP contribution in [-0.4, -0.2) is 11.4 Å². The average Bonchev–Trinajstić information content (AvgIpc) is 2.02. The molecule has 4 nitrogen and oxygen atoms in total. The van der Waals surface area contributed by atoms with Crippen LogP contribution in [0, 0.1) is 0 Å². The number of carbonyl (C=O) groups is 1. The number of hydrogen-bond donors (Lipinski definition) is 3. The number of nitrogens with one attached hydrogen (secondary N) is 1. The number of nitrogen functional groups attached to an aromatic ring is 1. The van der Waals surface area contributed by atoms with Crippen molar-refractivity contribution in [3.05, 3.63) is 24.3 Å². The van der Waals surface area contributed by atoms with Crippen molar-refractivity contribution >= 4 is 17.3 Å². The summed E-state index contributed by atoms with van der Waals surface area (Å²) in [5.41, 5.74) is 11.6. The van der Waals surface area contributed by atoms with E-state index in [1.807, 2.05) is 0 Å². The van der Waals surface area contributed by atoms with E-state index in [-0.39, 0.29) is 5.91 Å². The van der Waals surface area contributed by atoms with Crippen LogP contribution in [0.4, 0.5) is 11.4 Å². The molecule has 5 N–H and O–H groups in total. The summed E-state index contributed by atoms with van der Waals surface area (Å²) in [6.07, 6.45) is 0. The largest absolute Gasteiger partial charge is 0.399 e. The molecule has 0 atom stereocenters. The SMILES string of the molecule is CC(C)(N)C(=O)Nc1cccc(N)c1. The number of benzene rings is 1. The molecule has 0 spiro atoms. The third-order valence-corrected chi connectivity index (χ3v) is 1.73. The van der Waals surface area contributed by atoms with Crippen molar-refractivity contribution in [2.45, 2.75) is 19.4 Å². The Kier molecular flexibility index (Phi) is 2.76. The molecule has 0 aromatic heterocycles. The van der Waals surface area contributed by atoms with Gasteiger partial charge in [-0.3, -0.25) is 4.79 Å². The molecule has 0 bridgehead atoms. The van der Waals surface area contributed by atoms with Gasteiger partial charge in [-0.25, -0.2) is 0 Å². The van der Waals surface area contributed by atoms with Gasteiger partial charge in [-0.1, -0.05) is 6.07 Å². The van der Waals surface area contributed by atoms with Crippen molar-refractivity contribution in [3.63, 3.8) is 0 Å². The van der Waals surface area contributed by atoms with Gasteiger partial charge in [0.2, 0.25) is 5.91 Å². The minimum Gasteiger partial charge on any atom is -0.399 e. The summed E-state index contributed by atoms with van der Waals surface area (Å²) in [4.78, 5) is 11.5. The highest BCUT2D eigenvalue weighted by Crippen LogP contribution is 2.13. The molecule has 0 fully saturated rings. The van der Waals surface area contributed by atoms with Gasteiger partial charge in [-0.05, 0) is 32.0 Å². The fraction of sp³-hybridized carbons (Fsp3) is 0.300. The lowest BCUT2D eigenvalue weighted by molar-refractivity contribution is -0.120. The summed E-state index contributed by atoms with van der Waals surface area (Å²) in [5, 5.41) is 2.68. The second-order valence-electron chi connectivity index (χ2n) is 3.80. The molecule has 0 aliphatic carbocycles.